The summed E-state index contributed by atoms with van der Waals surface area (Å²) >= 11 is 7.29. The number of thioether (sulfide) groups is 1. The molecule has 0 aliphatic carbocycles. The van der Waals surface area contributed by atoms with E-state index < -0.39 is 11.7 Å². The normalized spacial score (nSPS) is 10.6. The number of carbonyl (C=O) groups is 1. The first-order valence-electron chi connectivity index (χ1n) is 7.14. The largest absolute Gasteiger partial charge is 0.459 e. The third kappa shape index (κ3) is 3.99. The van der Waals surface area contributed by atoms with E-state index >= 15 is 0 Å². The monoisotopic (exact) mass is 361 g/mol. The first-order valence-corrected chi connectivity index (χ1v) is 8.50. The van der Waals surface area contributed by atoms with Gasteiger partial charge in [-0.3, -0.25) is 4.79 Å². The average Bonchev–Trinajstić information content (AvgIpc) is 3.05. The lowest BCUT2D eigenvalue weighted by Gasteiger charge is -2.07. The van der Waals surface area contributed by atoms with Crippen molar-refractivity contribution in [1.29, 1.82) is 0 Å². The molecule has 122 valence electrons. The van der Waals surface area contributed by atoms with Crippen molar-refractivity contribution in [1.82, 2.24) is 0 Å². The second-order valence-electron chi connectivity index (χ2n) is 4.95. The quantitative estimate of drug-likeness (QED) is 0.600. The summed E-state index contributed by atoms with van der Waals surface area (Å²) in [4.78, 5) is 13.4. The zero-order valence-electron chi connectivity index (χ0n) is 12.5. The molecule has 1 N–H and O–H groups in total. The number of hydrogen-bond acceptors (Lipinski definition) is 3. The van der Waals surface area contributed by atoms with Crippen LogP contribution >= 0.6 is 23.4 Å². The zero-order valence-corrected chi connectivity index (χ0v) is 14.0. The third-order valence-corrected chi connectivity index (χ3v) is 4.57. The van der Waals surface area contributed by atoms with Crippen LogP contribution in [-0.2, 0) is 5.75 Å². The molecule has 0 saturated carbocycles. The second kappa shape index (κ2) is 7.55. The van der Waals surface area contributed by atoms with Gasteiger partial charge in [-0.15, -0.1) is 11.8 Å². The van der Waals surface area contributed by atoms with Crippen LogP contribution in [0.25, 0.3) is 0 Å². The van der Waals surface area contributed by atoms with E-state index in [4.69, 9.17) is 16.0 Å². The van der Waals surface area contributed by atoms with E-state index in [-0.39, 0.29) is 16.5 Å². The smallest absolute Gasteiger partial charge is 0.291 e. The predicted octanol–water partition coefficient (Wildman–Crippen LogP) is 5.62. The fourth-order valence-electron chi connectivity index (χ4n) is 2.10. The average molecular weight is 362 g/mol. The summed E-state index contributed by atoms with van der Waals surface area (Å²) in [5, 5.41) is 2.77. The Bertz CT molecular complexity index is 851. The molecule has 0 unspecified atom stereocenters. The first kappa shape index (κ1) is 16.6. The number of amides is 1. The Kier molecular flexibility index (Phi) is 5.23. The highest BCUT2D eigenvalue weighted by molar-refractivity contribution is 7.98. The van der Waals surface area contributed by atoms with Gasteiger partial charge in [0.15, 0.2) is 5.76 Å². The molecule has 6 heteroatoms. The fourth-order valence-corrected chi connectivity index (χ4v) is 3.15. The molecule has 1 amide bonds. The van der Waals surface area contributed by atoms with Crippen molar-refractivity contribution < 1.29 is 13.6 Å². The maximum atomic E-state index is 13.8. The van der Waals surface area contributed by atoms with Crippen LogP contribution in [-0.4, -0.2) is 5.91 Å². The minimum absolute atomic E-state index is 0.0578. The van der Waals surface area contributed by atoms with E-state index in [9.17, 15) is 9.18 Å². The fraction of sp³-hybridized carbons (Fsp3) is 0.0556. The van der Waals surface area contributed by atoms with Gasteiger partial charge in [-0.2, -0.15) is 0 Å². The Balaban J connectivity index is 1.71. The molecular formula is C18H13ClFNO2S. The van der Waals surface area contributed by atoms with Gasteiger partial charge < -0.3 is 9.73 Å². The van der Waals surface area contributed by atoms with E-state index in [1.54, 1.807) is 17.8 Å². The molecule has 1 heterocycles. The standard InChI is InChI=1S/C18H13ClFNO2S/c19-13-6-7-16(15(20)10-13)21-18(22)17-12(8-9-23-17)11-24-14-4-2-1-3-5-14/h1-10H,11H2,(H,21,22). The van der Waals surface area contributed by atoms with Gasteiger partial charge in [0.05, 0.1) is 12.0 Å². The number of carbonyl (C=O) groups excluding carboxylic acids is 1. The van der Waals surface area contributed by atoms with Crippen molar-refractivity contribution in [2.75, 3.05) is 5.32 Å². The van der Waals surface area contributed by atoms with Gasteiger partial charge in [0.2, 0.25) is 0 Å². The van der Waals surface area contributed by atoms with Gasteiger partial charge in [-0.25, -0.2) is 4.39 Å². The maximum absolute atomic E-state index is 13.8. The number of hydrogen-bond donors (Lipinski definition) is 1. The van der Waals surface area contributed by atoms with Crippen LogP contribution in [0.3, 0.4) is 0 Å². The summed E-state index contributed by atoms with van der Waals surface area (Å²) in [7, 11) is 0. The summed E-state index contributed by atoms with van der Waals surface area (Å²) in [6, 6.07) is 15.6. The number of halogens is 2. The Hall–Kier alpha value is -2.24. The molecule has 0 bridgehead atoms. The van der Waals surface area contributed by atoms with Crippen LogP contribution in [0, 0.1) is 5.82 Å². The number of benzene rings is 2. The highest BCUT2D eigenvalue weighted by Crippen LogP contribution is 2.26. The third-order valence-electron chi connectivity index (χ3n) is 3.27. The van der Waals surface area contributed by atoms with Gasteiger partial charge in [-0.1, -0.05) is 29.8 Å². The highest BCUT2D eigenvalue weighted by Gasteiger charge is 2.17. The number of nitrogens with one attached hydrogen (secondary N) is 1. The maximum Gasteiger partial charge on any atom is 0.291 e. The van der Waals surface area contributed by atoms with E-state index in [0.717, 1.165) is 16.5 Å². The van der Waals surface area contributed by atoms with Crippen LogP contribution in [0.1, 0.15) is 16.1 Å². The Morgan fingerprint density at radius 2 is 1.96 bits per heavy atom. The van der Waals surface area contributed by atoms with Crippen molar-refractivity contribution >= 4 is 35.0 Å². The van der Waals surface area contributed by atoms with Crippen molar-refractivity contribution in [3.63, 3.8) is 0 Å². The van der Waals surface area contributed by atoms with Gasteiger partial charge in [0.25, 0.3) is 5.91 Å². The minimum atomic E-state index is -0.595. The Labute approximate surface area is 147 Å². The van der Waals surface area contributed by atoms with E-state index in [1.165, 1.54) is 18.4 Å². The lowest BCUT2D eigenvalue weighted by molar-refractivity contribution is 0.0995. The van der Waals surface area contributed by atoms with Gasteiger partial charge in [0, 0.05) is 21.2 Å². The molecule has 0 aliphatic heterocycles. The zero-order chi connectivity index (χ0) is 16.9. The summed E-state index contributed by atoms with van der Waals surface area (Å²) in [5.41, 5.74) is 0.804. The molecule has 3 nitrogen and oxygen atoms in total. The topological polar surface area (TPSA) is 42.2 Å². The molecule has 0 saturated heterocycles. The lowest BCUT2D eigenvalue weighted by Crippen LogP contribution is -2.13. The molecule has 2 aromatic carbocycles. The van der Waals surface area contributed by atoms with Crippen molar-refractivity contribution in [3.8, 4) is 0 Å². The number of anilines is 1. The van der Waals surface area contributed by atoms with Gasteiger partial charge in [0.1, 0.15) is 5.82 Å². The molecule has 0 spiro atoms. The first-order chi connectivity index (χ1) is 11.6. The minimum Gasteiger partial charge on any atom is -0.459 e. The highest BCUT2D eigenvalue weighted by atomic mass is 35.5. The van der Waals surface area contributed by atoms with E-state index in [2.05, 4.69) is 5.32 Å². The van der Waals surface area contributed by atoms with Crippen molar-refractivity contribution in [3.05, 3.63) is 83.0 Å². The molecule has 0 fully saturated rings. The summed E-state index contributed by atoms with van der Waals surface area (Å²) in [6.07, 6.45) is 1.45. The van der Waals surface area contributed by atoms with Gasteiger partial charge >= 0.3 is 0 Å². The second-order valence-corrected chi connectivity index (χ2v) is 6.44. The van der Waals surface area contributed by atoms with E-state index in [1.807, 2.05) is 30.3 Å². The Morgan fingerprint density at radius 1 is 1.17 bits per heavy atom. The summed E-state index contributed by atoms with van der Waals surface area (Å²) < 4.78 is 19.1. The number of rotatable bonds is 5. The molecule has 3 aromatic rings. The molecule has 3 rings (SSSR count). The van der Waals surface area contributed by atoms with Crippen LogP contribution in [0.2, 0.25) is 5.02 Å². The lowest BCUT2D eigenvalue weighted by atomic mass is 10.2. The van der Waals surface area contributed by atoms with Crippen LogP contribution in [0.4, 0.5) is 10.1 Å². The van der Waals surface area contributed by atoms with Crippen LogP contribution in [0.5, 0.6) is 0 Å². The molecule has 24 heavy (non-hydrogen) atoms. The number of furan rings is 1. The van der Waals surface area contributed by atoms with Crippen LogP contribution in [0.15, 0.2) is 70.2 Å². The van der Waals surface area contributed by atoms with E-state index in [0.29, 0.717) is 5.75 Å². The molecule has 1 aromatic heterocycles. The molecule has 0 radical (unpaired) electrons. The van der Waals surface area contributed by atoms with Crippen molar-refractivity contribution in [2.24, 2.45) is 0 Å². The summed E-state index contributed by atoms with van der Waals surface area (Å²) in [6.45, 7) is 0. The molecular weight excluding hydrogens is 349 g/mol. The van der Waals surface area contributed by atoms with Crippen molar-refractivity contribution in [2.45, 2.75) is 10.6 Å². The molecule has 0 atom stereocenters. The molecule has 0 aliphatic rings. The summed E-state index contributed by atoms with van der Waals surface area (Å²) in [5.74, 6) is -0.341. The SMILES string of the molecule is O=C(Nc1ccc(Cl)cc1F)c1occc1CSc1ccccc1. The predicted molar refractivity (Wildman–Crippen MR) is 94.1 cm³/mol. The van der Waals surface area contributed by atoms with Gasteiger partial charge in [-0.05, 0) is 36.4 Å². The Morgan fingerprint density at radius 3 is 2.71 bits per heavy atom. The van der Waals surface area contributed by atoms with Crippen LogP contribution < -0.4 is 5.32 Å².